The van der Waals surface area contributed by atoms with Crippen LogP contribution in [0.5, 0.6) is 0 Å². The second-order valence-corrected chi connectivity index (χ2v) is 8.60. The van der Waals surface area contributed by atoms with E-state index in [-0.39, 0.29) is 21.4 Å². The first kappa shape index (κ1) is 22.3. The summed E-state index contributed by atoms with van der Waals surface area (Å²) >= 11 is 12.0. The summed E-state index contributed by atoms with van der Waals surface area (Å²) < 4.78 is 63.8. The maximum Gasteiger partial charge on any atom is 0.416 e. The van der Waals surface area contributed by atoms with Gasteiger partial charge in [0.25, 0.3) is 0 Å². The second kappa shape index (κ2) is 8.18. The van der Waals surface area contributed by atoms with Gasteiger partial charge in [-0.3, -0.25) is 9.10 Å². The van der Waals surface area contributed by atoms with Gasteiger partial charge in [-0.05, 0) is 43.3 Å². The van der Waals surface area contributed by atoms with Crippen LogP contribution in [0.3, 0.4) is 0 Å². The van der Waals surface area contributed by atoms with Crippen molar-refractivity contribution in [2.75, 3.05) is 15.9 Å². The number of benzene rings is 2. The number of nitrogens with zero attached hydrogens (tertiary/aromatic N) is 1. The van der Waals surface area contributed by atoms with E-state index < -0.39 is 33.7 Å². The standard InChI is InChI=1S/C17H15Cl2F3N2O3S/c1-10(16(25)23-13-5-3-4-11(8-13)17(20,21)22)24(28(2,26)27)15-9-12(18)6-7-14(15)19/h3-10H,1-2H3,(H,23,25)/t10-/m0/s1. The Kier molecular flexibility index (Phi) is 6.52. The number of carbonyl (C=O) groups excluding carboxylic acids is 1. The lowest BCUT2D eigenvalue weighted by Gasteiger charge is -2.29. The lowest BCUT2D eigenvalue weighted by molar-refractivity contribution is -0.137. The van der Waals surface area contributed by atoms with Crippen LogP contribution in [0.15, 0.2) is 42.5 Å². The number of rotatable bonds is 5. The molecule has 1 atom stereocenters. The fraction of sp³-hybridized carbons (Fsp3) is 0.235. The molecule has 1 N–H and O–H groups in total. The van der Waals surface area contributed by atoms with Crippen LogP contribution in [0.4, 0.5) is 24.5 Å². The molecule has 0 heterocycles. The van der Waals surface area contributed by atoms with Crippen LogP contribution in [-0.4, -0.2) is 26.6 Å². The van der Waals surface area contributed by atoms with Gasteiger partial charge < -0.3 is 5.32 Å². The summed E-state index contributed by atoms with van der Waals surface area (Å²) in [5.74, 6) is -0.846. The molecule has 0 aromatic heterocycles. The minimum absolute atomic E-state index is 0.0247. The van der Waals surface area contributed by atoms with Crippen LogP contribution in [0.1, 0.15) is 12.5 Å². The molecule has 11 heteroatoms. The first-order valence-corrected chi connectivity index (χ1v) is 10.3. The Morgan fingerprint density at radius 1 is 1.14 bits per heavy atom. The molecule has 0 unspecified atom stereocenters. The molecule has 152 valence electrons. The summed E-state index contributed by atoms with van der Waals surface area (Å²) in [6.07, 6.45) is -3.71. The van der Waals surface area contributed by atoms with Crippen molar-refractivity contribution < 1.29 is 26.4 Å². The van der Waals surface area contributed by atoms with Crippen molar-refractivity contribution in [3.63, 3.8) is 0 Å². The quantitative estimate of drug-likeness (QED) is 0.704. The molecule has 2 aromatic rings. The maximum atomic E-state index is 12.8. The van der Waals surface area contributed by atoms with Gasteiger partial charge in [-0.1, -0.05) is 29.3 Å². The third-order valence-electron chi connectivity index (χ3n) is 3.69. The summed E-state index contributed by atoms with van der Waals surface area (Å²) in [5, 5.41) is 2.52. The van der Waals surface area contributed by atoms with Crippen molar-refractivity contribution >= 4 is 50.5 Å². The molecule has 28 heavy (non-hydrogen) atoms. The van der Waals surface area contributed by atoms with E-state index >= 15 is 0 Å². The highest BCUT2D eigenvalue weighted by molar-refractivity contribution is 7.92. The van der Waals surface area contributed by atoms with E-state index in [2.05, 4.69) is 5.32 Å². The van der Waals surface area contributed by atoms with Crippen LogP contribution in [-0.2, 0) is 21.0 Å². The van der Waals surface area contributed by atoms with E-state index in [0.717, 1.165) is 28.8 Å². The summed E-state index contributed by atoms with van der Waals surface area (Å²) in [4.78, 5) is 12.6. The largest absolute Gasteiger partial charge is 0.416 e. The summed E-state index contributed by atoms with van der Waals surface area (Å²) in [5.41, 5.74) is -1.10. The molecule has 0 aliphatic rings. The number of alkyl halides is 3. The lowest BCUT2D eigenvalue weighted by Crippen LogP contribution is -2.45. The summed E-state index contributed by atoms with van der Waals surface area (Å²) in [7, 11) is -3.98. The Labute approximate surface area is 170 Å². The van der Waals surface area contributed by atoms with E-state index in [4.69, 9.17) is 23.2 Å². The first-order valence-electron chi connectivity index (χ1n) is 7.73. The molecule has 5 nitrogen and oxygen atoms in total. The maximum absolute atomic E-state index is 12.8. The lowest BCUT2D eigenvalue weighted by atomic mass is 10.2. The Balaban J connectivity index is 2.37. The number of carbonyl (C=O) groups is 1. The smallest absolute Gasteiger partial charge is 0.324 e. The highest BCUT2D eigenvalue weighted by atomic mass is 35.5. The van der Waals surface area contributed by atoms with Gasteiger partial charge in [0.1, 0.15) is 6.04 Å². The highest BCUT2D eigenvalue weighted by Crippen LogP contribution is 2.33. The van der Waals surface area contributed by atoms with Crippen molar-refractivity contribution in [2.24, 2.45) is 0 Å². The monoisotopic (exact) mass is 454 g/mol. The van der Waals surface area contributed by atoms with Crippen molar-refractivity contribution in [1.82, 2.24) is 0 Å². The average molecular weight is 455 g/mol. The van der Waals surface area contributed by atoms with E-state index in [1.165, 1.54) is 31.2 Å². The number of halogens is 5. The molecule has 2 aromatic carbocycles. The van der Waals surface area contributed by atoms with Gasteiger partial charge in [-0.15, -0.1) is 0 Å². The van der Waals surface area contributed by atoms with E-state index in [1.807, 2.05) is 0 Å². The summed E-state index contributed by atoms with van der Waals surface area (Å²) in [6, 6.07) is 6.77. The number of amides is 1. The van der Waals surface area contributed by atoms with Gasteiger partial charge in [0.15, 0.2) is 0 Å². The Morgan fingerprint density at radius 3 is 2.36 bits per heavy atom. The minimum Gasteiger partial charge on any atom is -0.324 e. The number of nitrogens with one attached hydrogen (secondary N) is 1. The molecule has 0 saturated carbocycles. The zero-order chi connectivity index (χ0) is 21.3. The Hall–Kier alpha value is -1.97. The predicted molar refractivity (Wildman–Crippen MR) is 103 cm³/mol. The Bertz CT molecular complexity index is 997. The highest BCUT2D eigenvalue weighted by Gasteiger charge is 2.32. The molecular formula is C17H15Cl2F3N2O3S. The number of hydrogen-bond acceptors (Lipinski definition) is 3. The van der Waals surface area contributed by atoms with Crippen LogP contribution >= 0.6 is 23.2 Å². The fourth-order valence-corrected chi connectivity index (χ4v) is 4.06. The van der Waals surface area contributed by atoms with Gasteiger partial charge >= 0.3 is 6.18 Å². The van der Waals surface area contributed by atoms with Gasteiger partial charge in [0.05, 0.1) is 22.5 Å². The first-order chi connectivity index (χ1) is 12.8. The zero-order valence-electron chi connectivity index (χ0n) is 14.6. The minimum atomic E-state index is -4.58. The molecule has 0 aliphatic heterocycles. The van der Waals surface area contributed by atoms with E-state index in [1.54, 1.807) is 0 Å². The molecule has 0 aliphatic carbocycles. The van der Waals surface area contributed by atoms with Crippen LogP contribution < -0.4 is 9.62 Å². The third kappa shape index (κ3) is 5.30. The van der Waals surface area contributed by atoms with Crippen molar-refractivity contribution in [3.8, 4) is 0 Å². The molecule has 0 saturated heterocycles. The molecule has 0 fully saturated rings. The van der Waals surface area contributed by atoms with E-state index in [9.17, 15) is 26.4 Å². The molecular weight excluding hydrogens is 440 g/mol. The molecule has 0 radical (unpaired) electrons. The van der Waals surface area contributed by atoms with Crippen LogP contribution in [0.2, 0.25) is 10.0 Å². The van der Waals surface area contributed by atoms with Crippen molar-refractivity contribution in [2.45, 2.75) is 19.1 Å². The molecule has 1 amide bonds. The SMILES string of the molecule is C[C@@H](C(=O)Nc1cccc(C(F)(F)F)c1)N(c1cc(Cl)ccc1Cl)S(C)(=O)=O. The van der Waals surface area contributed by atoms with Gasteiger partial charge in [-0.2, -0.15) is 13.2 Å². The van der Waals surface area contributed by atoms with Gasteiger partial charge in [0.2, 0.25) is 15.9 Å². The molecule has 2 rings (SSSR count). The van der Waals surface area contributed by atoms with E-state index in [0.29, 0.717) is 0 Å². The number of sulfonamides is 1. The zero-order valence-corrected chi connectivity index (χ0v) is 16.9. The van der Waals surface area contributed by atoms with Crippen molar-refractivity contribution in [3.05, 3.63) is 58.1 Å². The fourth-order valence-electron chi connectivity index (χ4n) is 2.46. The Morgan fingerprint density at radius 2 is 1.79 bits per heavy atom. The topological polar surface area (TPSA) is 66.5 Å². The van der Waals surface area contributed by atoms with Gasteiger partial charge in [0, 0.05) is 10.7 Å². The van der Waals surface area contributed by atoms with Crippen molar-refractivity contribution in [1.29, 1.82) is 0 Å². The normalized spacial score (nSPS) is 13.1. The van der Waals surface area contributed by atoms with Crippen LogP contribution in [0, 0.1) is 0 Å². The average Bonchev–Trinajstić information content (AvgIpc) is 2.56. The number of hydrogen-bond donors (Lipinski definition) is 1. The predicted octanol–water partition coefficient (Wildman–Crippen LogP) is 4.81. The second-order valence-electron chi connectivity index (χ2n) is 5.90. The summed E-state index contributed by atoms with van der Waals surface area (Å²) in [6.45, 7) is 1.28. The van der Waals surface area contributed by atoms with Gasteiger partial charge in [-0.25, -0.2) is 8.42 Å². The third-order valence-corrected chi connectivity index (χ3v) is 5.47. The molecule has 0 spiro atoms. The number of anilines is 2. The molecule has 0 bridgehead atoms. The van der Waals surface area contributed by atoms with Crippen LogP contribution in [0.25, 0.3) is 0 Å².